The highest BCUT2D eigenvalue weighted by atomic mass is 35.5. The Morgan fingerprint density at radius 3 is 2.71 bits per heavy atom. The van der Waals surface area contributed by atoms with Gasteiger partial charge in [0, 0.05) is 16.7 Å². The number of nitrogens with zero attached hydrogens (tertiary/aromatic N) is 1. The number of carbonyl (C=O) groups is 3. The molecule has 1 N–H and O–H groups in total. The number of rotatable bonds is 5. The van der Waals surface area contributed by atoms with E-state index in [9.17, 15) is 19.5 Å². The SMILES string of the molecule is Cc1ccc(C(=O)O)cc1-c1ccc(/C=C2\SC(=O)N(Cc3cccc(Cl)c3)C2=O)o1. The Balaban J connectivity index is 1.57. The number of imide groups is 1. The summed E-state index contributed by atoms with van der Waals surface area (Å²) in [5, 5.41) is 9.38. The molecule has 0 saturated carbocycles. The van der Waals surface area contributed by atoms with Gasteiger partial charge in [0.2, 0.25) is 0 Å². The van der Waals surface area contributed by atoms with Crippen LogP contribution in [0.25, 0.3) is 17.4 Å². The van der Waals surface area contributed by atoms with Crippen LogP contribution in [0.15, 0.2) is 63.9 Å². The molecule has 2 amide bonds. The number of carboxylic acid groups (broad SMARTS) is 1. The highest BCUT2D eigenvalue weighted by molar-refractivity contribution is 8.18. The zero-order valence-corrected chi connectivity index (χ0v) is 17.9. The second-order valence-corrected chi connectivity index (χ2v) is 8.36. The van der Waals surface area contributed by atoms with Crippen LogP contribution in [0.4, 0.5) is 4.79 Å². The lowest BCUT2D eigenvalue weighted by atomic mass is 10.0. The van der Waals surface area contributed by atoms with E-state index in [0.717, 1.165) is 27.8 Å². The maximum Gasteiger partial charge on any atom is 0.335 e. The standard InChI is InChI=1S/C23H16ClNO5S/c1-13-5-6-15(22(27)28)10-18(13)19-8-7-17(30-19)11-20-21(26)25(23(29)31-20)12-14-3-2-4-16(24)9-14/h2-11H,12H2,1H3,(H,27,28)/b20-11-. The number of hydrogen-bond donors (Lipinski definition) is 1. The lowest BCUT2D eigenvalue weighted by Gasteiger charge is -2.12. The van der Waals surface area contributed by atoms with E-state index in [2.05, 4.69) is 0 Å². The number of carbonyl (C=O) groups excluding carboxylic acids is 2. The molecule has 2 heterocycles. The topological polar surface area (TPSA) is 87.8 Å². The summed E-state index contributed by atoms with van der Waals surface area (Å²) in [5.74, 6) is -0.563. The number of benzene rings is 2. The third kappa shape index (κ3) is 4.42. The number of aromatic carboxylic acids is 1. The van der Waals surface area contributed by atoms with Gasteiger partial charge in [0.15, 0.2) is 0 Å². The minimum atomic E-state index is -1.03. The van der Waals surface area contributed by atoms with Gasteiger partial charge in [0.1, 0.15) is 11.5 Å². The summed E-state index contributed by atoms with van der Waals surface area (Å²) in [6.07, 6.45) is 1.52. The third-order valence-corrected chi connectivity index (χ3v) is 5.90. The lowest BCUT2D eigenvalue weighted by molar-refractivity contribution is -0.123. The zero-order valence-electron chi connectivity index (χ0n) is 16.3. The molecule has 1 fully saturated rings. The van der Waals surface area contributed by atoms with Gasteiger partial charge in [-0.25, -0.2) is 4.79 Å². The average molecular weight is 454 g/mol. The van der Waals surface area contributed by atoms with Crippen LogP contribution in [-0.4, -0.2) is 27.1 Å². The van der Waals surface area contributed by atoms with Crippen molar-refractivity contribution in [2.45, 2.75) is 13.5 Å². The summed E-state index contributed by atoms with van der Waals surface area (Å²) < 4.78 is 5.82. The van der Waals surface area contributed by atoms with Crippen molar-refractivity contribution in [1.82, 2.24) is 4.90 Å². The van der Waals surface area contributed by atoms with Crippen molar-refractivity contribution in [1.29, 1.82) is 0 Å². The first-order valence-corrected chi connectivity index (χ1v) is 10.5. The number of furan rings is 1. The molecule has 0 radical (unpaired) electrons. The Hall–Kier alpha value is -3.29. The van der Waals surface area contributed by atoms with Crippen LogP contribution >= 0.6 is 23.4 Å². The van der Waals surface area contributed by atoms with Crippen LogP contribution in [0, 0.1) is 6.92 Å². The number of aryl methyl sites for hydroxylation is 1. The van der Waals surface area contributed by atoms with E-state index in [1.807, 2.05) is 6.92 Å². The Bertz CT molecular complexity index is 1250. The van der Waals surface area contributed by atoms with E-state index in [1.54, 1.807) is 48.5 Å². The van der Waals surface area contributed by atoms with Crippen molar-refractivity contribution in [3.63, 3.8) is 0 Å². The number of thioether (sulfide) groups is 1. The fraction of sp³-hybridized carbons (Fsp3) is 0.0870. The number of carboxylic acids is 1. The van der Waals surface area contributed by atoms with Crippen LogP contribution in [0.5, 0.6) is 0 Å². The normalized spacial score (nSPS) is 15.2. The molecular weight excluding hydrogens is 438 g/mol. The average Bonchev–Trinajstić information content (AvgIpc) is 3.28. The first kappa shape index (κ1) is 21.0. The molecule has 0 atom stereocenters. The molecule has 4 rings (SSSR count). The van der Waals surface area contributed by atoms with Gasteiger partial charge in [-0.3, -0.25) is 14.5 Å². The van der Waals surface area contributed by atoms with Gasteiger partial charge in [-0.1, -0.05) is 29.8 Å². The van der Waals surface area contributed by atoms with Crippen molar-refractivity contribution in [3.8, 4) is 11.3 Å². The lowest BCUT2D eigenvalue weighted by Crippen LogP contribution is -2.27. The minimum absolute atomic E-state index is 0.132. The minimum Gasteiger partial charge on any atom is -0.478 e. The van der Waals surface area contributed by atoms with Gasteiger partial charge in [-0.05, 0) is 66.2 Å². The third-order valence-electron chi connectivity index (χ3n) is 4.75. The monoisotopic (exact) mass is 453 g/mol. The molecule has 0 unspecified atom stereocenters. The van der Waals surface area contributed by atoms with Gasteiger partial charge in [0.05, 0.1) is 17.0 Å². The van der Waals surface area contributed by atoms with Crippen LogP contribution in [0.3, 0.4) is 0 Å². The molecule has 1 saturated heterocycles. The van der Waals surface area contributed by atoms with Crippen molar-refractivity contribution >= 4 is 46.6 Å². The molecule has 1 aliphatic rings. The first-order chi connectivity index (χ1) is 14.8. The molecule has 1 aliphatic heterocycles. The predicted octanol–water partition coefficient (Wildman–Crippen LogP) is 5.84. The smallest absolute Gasteiger partial charge is 0.335 e. The molecule has 31 heavy (non-hydrogen) atoms. The summed E-state index contributed by atoms with van der Waals surface area (Å²) >= 11 is 6.82. The summed E-state index contributed by atoms with van der Waals surface area (Å²) in [6.45, 7) is 1.98. The van der Waals surface area contributed by atoms with E-state index in [-0.39, 0.29) is 22.3 Å². The maximum absolute atomic E-state index is 12.7. The summed E-state index contributed by atoms with van der Waals surface area (Å²) in [7, 11) is 0. The Labute approximate surface area is 187 Å². The first-order valence-electron chi connectivity index (χ1n) is 9.26. The van der Waals surface area contributed by atoms with Gasteiger partial charge in [0.25, 0.3) is 11.1 Å². The zero-order chi connectivity index (χ0) is 22.1. The molecule has 1 aromatic heterocycles. The fourth-order valence-corrected chi connectivity index (χ4v) is 4.21. The molecule has 3 aromatic rings. The summed E-state index contributed by atoms with van der Waals surface area (Å²) in [5.41, 5.74) is 2.41. The Morgan fingerprint density at radius 1 is 1.16 bits per heavy atom. The molecule has 0 spiro atoms. The van der Waals surface area contributed by atoms with E-state index in [0.29, 0.717) is 22.1 Å². The molecule has 8 heteroatoms. The van der Waals surface area contributed by atoms with Crippen molar-refractivity contribution in [3.05, 3.63) is 87.0 Å². The molecular formula is C23H16ClNO5S. The highest BCUT2D eigenvalue weighted by Crippen LogP contribution is 2.35. The second kappa shape index (κ2) is 8.45. The molecule has 156 valence electrons. The van der Waals surface area contributed by atoms with Crippen molar-refractivity contribution in [2.24, 2.45) is 0 Å². The van der Waals surface area contributed by atoms with Crippen LogP contribution < -0.4 is 0 Å². The molecule has 0 aliphatic carbocycles. The quantitative estimate of drug-likeness (QED) is 0.488. The van der Waals surface area contributed by atoms with Gasteiger partial charge in [-0.15, -0.1) is 0 Å². The second-order valence-electron chi connectivity index (χ2n) is 6.93. The Kier molecular flexibility index (Phi) is 5.71. The van der Waals surface area contributed by atoms with Crippen molar-refractivity contribution < 1.29 is 23.9 Å². The van der Waals surface area contributed by atoms with Crippen LogP contribution in [0.2, 0.25) is 5.02 Å². The van der Waals surface area contributed by atoms with E-state index >= 15 is 0 Å². The van der Waals surface area contributed by atoms with E-state index < -0.39 is 11.9 Å². The molecule has 0 bridgehead atoms. The predicted molar refractivity (Wildman–Crippen MR) is 119 cm³/mol. The van der Waals surface area contributed by atoms with Crippen LogP contribution in [-0.2, 0) is 11.3 Å². The largest absolute Gasteiger partial charge is 0.478 e. The molecule has 2 aromatic carbocycles. The molecule has 6 nitrogen and oxygen atoms in total. The van der Waals surface area contributed by atoms with Gasteiger partial charge >= 0.3 is 5.97 Å². The van der Waals surface area contributed by atoms with E-state index in [1.165, 1.54) is 12.1 Å². The highest BCUT2D eigenvalue weighted by Gasteiger charge is 2.35. The van der Waals surface area contributed by atoms with Gasteiger partial charge < -0.3 is 9.52 Å². The van der Waals surface area contributed by atoms with Crippen LogP contribution in [0.1, 0.15) is 27.2 Å². The maximum atomic E-state index is 12.7. The fourth-order valence-electron chi connectivity index (χ4n) is 3.18. The summed E-state index contributed by atoms with van der Waals surface area (Å²) in [6, 6.07) is 15.1. The number of halogens is 1. The number of amides is 2. The van der Waals surface area contributed by atoms with E-state index in [4.69, 9.17) is 16.0 Å². The van der Waals surface area contributed by atoms with Gasteiger partial charge in [-0.2, -0.15) is 0 Å². The number of hydrogen-bond acceptors (Lipinski definition) is 5. The van der Waals surface area contributed by atoms with Crippen molar-refractivity contribution in [2.75, 3.05) is 0 Å². The summed E-state index contributed by atoms with van der Waals surface area (Å²) in [4.78, 5) is 37.8. The Morgan fingerprint density at radius 2 is 1.97 bits per heavy atom.